The molecule has 2 aliphatic rings. The number of amides is 1. The highest BCUT2D eigenvalue weighted by molar-refractivity contribution is 5.84. The van der Waals surface area contributed by atoms with Crippen LogP contribution in [0.1, 0.15) is 38.5 Å². The third-order valence-corrected chi connectivity index (χ3v) is 4.09. The Labute approximate surface area is 112 Å². The van der Waals surface area contributed by atoms with Crippen LogP contribution in [0, 0.1) is 0 Å². The Kier molecular flexibility index (Phi) is 4.42. The second-order valence-electron chi connectivity index (χ2n) is 5.62. The van der Waals surface area contributed by atoms with Gasteiger partial charge in [-0.15, -0.1) is 0 Å². The molecular weight excluding hydrogens is 248 g/mol. The van der Waals surface area contributed by atoms with E-state index < -0.39 is 17.6 Å². The van der Waals surface area contributed by atoms with Gasteiger partial charge in [0.15, 0.2) is 6.04 Å². The minimum Gasteiger partial charge on any atom is -0.480 e. The van der Waals surface area contributed by atoms with Crippen LogP contribution in [0.2, 0.25) is 0 Å². The normalized spacial score (nSPS) is 27.0. The first-order valence-corrected chi connectivity index (χ1v) is 6.91. The fourth-order valence-corrected chi connectivity index (χ4v) is 2.94. The van der Waals surface area contributed by atoms with Crippen molar-refractivity contribution >= 4 is 11.9 Å². The minimum atomic E-state index is -1.01. The predicted octanol–water partition coefficient (Wildman–Crippen LogP) is 0.350. The lowest BCUT2D eigenvalue weighted by Crippen LogP contribution is -2.55. The van der Waals surface area contributed by atoms with Gasteiger partial charge in [-0.3, -0.25) is 4.79 Å². The highest BCUT2D eigenvalue weighted by atomic mass is 16.5. The molecule has 0 aromatic carbocycles. The molecule has 6 heteroatoms. The zero-order valence-electron chi connectivity index (χ0n) is 11.1. The van der Waals surface area contributed by atoms with Crippen molar-refractivity contribution in [2.45, 2.75) is 50.1 Å². The first-order valence-electron chi connectivity index (χ1n) is 6.91. The van der Waals surface area contributed by atoms with Gasteiger partial charge >= 0.3 is 5.97 Å². The molecule has 1 atom stereocenters. The topological polar surface area (TPSA) is 92.9 Å². The molecule has 1 saturated heterocycles. The average Bonchev–Trinajstić information content (AvgIpc) is 2.39. The van der Waals surface area contributed by atoms with E-state index >= 15 is 0 Å². The standard InChI is InChI=1S/C13H22N2O4/c14-13(4-2-1-3-5-13)8-11(16)15-6-7-19-9-10(15)12(17)18/h10H,1-9,14H2,(H,17,18). The smallest absolute Gasteiger partial charge is 0.328 e. The van der Waals surface area contributed by atoms with Gasteiger partial charge in [0.05, 0.1) is 13.2 Å². The number of nitrogens with zero attached hydrogens (tertiary/aromatic N) is 1. The van der Waals surface area contributed by atoms with E-state index in [9.17, 15) is 9.59 Å². The number of morpholine rings is 1. The third kappa shape index (κ3) is 3.45. The van der Waals surface area contributed by atoms with Crippen molar-refractivity contribution in [3.63, 3.8) is 0 Å². The molecule has 108 valence electrons. The van der Waals surface area contributed by atoms with Crippen LogP contribution in [0.25, 0.3) is 0 Å². The molecule has 6 nitrogen and oxygen atoms in total. The Morgan fingerprint density at radius 2 is 2.00 bits per heavy atom. The van der Waals surface area contributed by atoms with Crippen molar-refractivity contribution in [2.75, 3.05) is 19.8 Å². The number of carboxylic acid groups (broad SMARTS) is 1. The Bertz CT molecular complexity index is 353. The zero-order chi connectivity index (χ0) is 13.9. The maximum absolute atomic E-state index is 12.3. The lowest BCUT2D eigenvalue weighted by molar-refractivity contribution is -0.159. The van der Waals surface area contributed by atoms with Crippen molar-refractivity contribution in [3.8, 4) is 0 Å². The van der Waals surface area contributed by atoms with Crippen LogP contribution in [-0.2, 0) is 14.3 Å². The number of ether oxygens (including phenoxy) is 1. The maximum Gasteiger partial charge on any atom is 0.328 e. The van der Waals surface area contributed by atoms with Crippen molar-refractivity contribution < 1.29 is 19.4 Å². The summed E-state index contributed by atoms with van der Waals surface area (Å²) in [5.41, 5.74) is 5.81. The molecule has 2 rings (SSSR count). The predicted molar refractivity (Wildman–Crippen MR) is 68.6 cm³/mol. The van der Waals surface area contributed by atoms with E-state index in [1.807, 2.05) is 0 Å². The quantitative estimate of drug-likeness (QED) is 0.772. The fraction of sp³-hybridized carbons (Fsp3) is 0.846. The first kappa shape index (κ1) is 14.3. The van der Waals surface area contributed by atoms with Crippen LogP contribution in [-0.4, -0.2) is 53.2 Å². The Hall–Kier alpha value is -1.14. The summed E-state index contributed by atoms with van der Waals surface area (Å²) in [7, 11) is 0. The molecule has 1 aliphatic heterocycles. The van der Waals surface area contributed by atoms with E-state index in [-0.39, 0.29) is 18.9 Å². The molecule has 1 saturated carbocycles. The largest absolute Gasteiger partial charge is 0.480 e. The van der Waals surface area contributed by atoms with Crippen LogP contribution < -0.4 is 5.73 Å². The van der Waals surface area contributed by atoms with Gasteiger partial charge in [0.2, 0.25) is 5.91 Å². The number of rotatable bonds is 3. The van der Waals surface area contributed by atoms with E-state index in [2.05, 4.69) is 0 Å². The van der Waals surface area contributed by atoms with Crippen LogP contribution >= 0.6 is 0 Å². The van der Waals surface area contributed by atoms with Gasteiger partial charge in [0.25, 0.3) is 0 Å². The highest BCUT2D eigenvalue weighted by Gasteiger charge is 2.37. The summed E-state index contributed by atoms with van der Waals surface area (Å²) < 4.78 is 5.13. The zero-order valence-corrected chi connectivity index (χ0v) is 11.1. The maximum atomic E-state index is 12.3. The van der Waals surface area contributed by atoms with Gasteiger partial charge in [-0.05, 0) is 12.8 Å². The average molecular weight is 270 g/mol. The highest BCUT2D eigenvalue weighted by Crippen LogP contribution is 2.29. The number of aliphatic carboxylic acids is 1. The van der Waals surface area contributed by atoms with Crippen LogP contribution in [0.15, 0.2) is 0 Å². The number of carboxylic acids is 1. The van der Waals surface area contributed by atoms with Crippen molar-refractivity contribution in [1.29, 1.82) is 0 Å². The van der Waals surface area contributed by atoms with Crippen LogP contribution in [0.4, 0.5) is 0 Å². The van der Waals surface area contributed by atoms with Crippen LogP contribution in [0.5, 0.6) is 0 Å². The van der Waals surface area contributed by atoms with E-state index in [0.717, 1.165) is 25.7 Å². The second-order valence-corrected chi connectivity index (χ2v) is 5.62. The summed E-state index contributed by atoms with van der Waals surface area (Å²) in [5, 5.41) is 9.12. The molecule has 1 heterocycles. The summed E-state index contributed by atoms with van der Waals surface area (Å²) >= 11 is 0. The monoisotopic (exact) mass is 270 g/mol. The first-order chi connectivity index (χ1) is 9.02. The molecule has 19 heavy (non-hydrogen) atoms. The Balaban J connectivity index is 1.99. The molecule has 1 amide bonds. The third-order valence-electron chi connectivity index (χ3n) is 4.09. The lowest BCUT2D eigenvalue weighted by Gasteiger charge is -2.38. The molecule has 1 aliphatic carbocycles. The molecule has 0 radical (unpaired) electrons. The minimum absolute atomic E-state index is 0.0681. The number of carbonyl (C=O) groups is 2. The molecule has 0 bridgehead atoms. The molecule has 0 aromatic rings. The molecule has 0 aromatic heterocycles. The summed E-state index contributed by atoms with van der Waals surface area (Å²) in [6.07, 6.45) is 5.21. The second kappa shape index (κ2) is 5.88. The Morgan fingerprint density at radius 3 is 2.63 bits per heavy atom. The van der Waals surface area contributed by atoms with Gasteiger partial charge in [0, 0.05) is 18.5 Å². The van der Waals surface area contributed by atoms with Crippen molar-refractivity contribution in [1.82, 2.24) is 4.90 Å². The van der Waals surface area contributed by atoms with Gasteiger partial charge < -0.3 is 20.5 Å². The van der Waals surface area contributed by atoms with Gasteiger partial charge in [-0.25, -0.2) is 4.79 Å². The SMILES string of the molecule is NC1(CC(=O)N2CCOCC2C(=O)O)CCCCC1. The van der Waals surface area contributed by atoms with Crippen LogP contribution in [0.3, 0.4) is 0 Å². The van der Waals surface area contributed by atoms with Crippen molar-refractivity contribution in [3.05, 3.63) is 0 Å². The van der Waals surface area contributed by atoms with E-state index in [0.29, 0.717) is 13.2 Å². The summed E-state index contributed by atoms with van der Waals surface area (Å²) in [6, 6.07) is -0.867. The molecular formula is C13H22N2O4. The fourth-order valence-electron chi connectivity index (χ4n) is 2.94. The summed E-state index contributed by atoms with van der Waals surface area (Å²) in [5.74, 6) is -1.16. The van der Waals surface area contributed by atoms with E-state index in [1.54, 1.807) is 0 Å². The Morgan fingerprint density at radius 1 is 1.32 bits per heavy atom. The number of nitrogens with two attached hydrogens (primary N) is 1. The van der Waals surface area contributed by atoms with Gasteiger partial charge in [-0.1, -0.05) is 19.3 Å². The molecule has 0 spiro atoms. The van der Waals surface area contributed by atoms with Crippen molar-refractivity contribution in [2.24, 2.45) is 5.73 Å². The molecule has 1 unspecified atom stereocenters. The summed E-state index contributed by atoms with van der Waals surface area (Å²) in [6.45, 7) is 0.803. The number of hydrogen-bond donors (Lipinski definition) is 2. The van der Waals surface area contributed by atoms with Gasteiger partial charge in [0.1, 0.15) is 0 Å². The van der Waals surface area contributed by atoms with Gasteiger partial charge in [-0.2, -0.15) is 0 Å². The molecule has 2 fully saturated rings. The van der Waals surface area contributed by atoms with E-state index in [4.69, 9.17) is 15.6 Å². The number of hydrogen-bond acceptors (Lipinski definition) is 4. The lowest BCUT2D eigenvalue weighted by atomic mass is 9.80. The summed E-state index contributed by atoms with van der Waals surface area (Å²) in [4.78, 5) is 24.9. The number of carbonyl (C=O) groups excluding carboxylic acids is 1. The van der Waals surface area contributed by atoms with E-state index in [1.165, 1.54) is 11.3 Å². The molecule has 3 N–H and O–H groups in total.